The Morgan fingerprint density at radius 2 is 2.32 bits per heavy atom. The van der Waals surface area contributed by atoms with Gasteiger partial charge in [0.25, 0.3) is 0 Å². The number of amides is 1. The average Bonchev–Trinajstić information content (AvgIpc) is 2.43. The maximum atomic E-state index is 11.6. The second-order valence-corrected chi connectivity index (χ2v) is 3.91. The summed E-state index contributed by atoms with van der Waals surface area (Å²) in [7, 11) is 0. The van der Waals surface area contributed by atoms with Crippen LogP contribution in [0.4, 0.5) is 5.69 Å². The summed E-state index contributed by atoms with van der Waals surface area (Å²) in [6, 6.07) is 6.81. The van der Waals surface area contributed by atoms with Crippen molar-refractivity contribution in [2.24, 2.45) is 10.9 Å². The number of ether oxygens (including phenoxy) is 1. The highest BCUT2D eigenvalue weighted by Crippen LogP contribution is 2.11. The molecule has 0 fully saturated rings. The van der Waals surface area contributed by atoms with Crippen LogP contribution in [-0.2, 0) is 9.53 Å². The van der Waals surface area contributed by atoms with Gasteiger partial charge in [-0.25, -0.2) is 0 Å². The minimum atomic E-state index is -0.0867. The van der Waals surface area contributed by atoms with Gasteiger partial charge in [0.2, 0.25) is 5.91 Å². The molecule has 6 nitrogen and oxygen atoms in total. The lowest BCUT2D eigenvalue weighted by atomic mass is 10.2. The quantitative estimate of drug-likeness (QED) is 0.229. The summed E-state index contributed by atoms with van der Waals surface area (Å²) in [5, 5.41) is 14.3. The Labute approximate surface area is 112 Å². The largest absolute Gasteiger partial charge is 0.409 e. The van der Waals surface area contributed by atoms with E-state index >= 15 is 0 Å². The molecular weight excluding hydrogens is 246 g/mol. The van der Waals surface area contributed by atoms with Gasteiger partial charge in [-0.2, -0.15) is 0 Å². The molecule has 0 radical (unpaired) electrons. The Morgan fingerprint density at radius 1 is 1.53 bits per heavy atom. The number of hydrogen-bond acceptors (Lipinski definition) is 4. The van der Waals surface area contributed by atoms with Gasteiger partial charge in [-0.05, 0) is 25.5 Å². The van der Waals surface area contributed by atoms with Crippen LogP contribution in [0.25, 0.3) is 0 Å². The van der Waals surface area contributed by atoms with Crippen LogP contribution < -0.4 is 11.1 Å². The van der Waals surface area contributed by atoms with Gasteiger partial charge in [-0.15, -0.1) is 0 Å². The molecule has 1 aromatic rings. The number of rotatable bonds is 7. The van der Waals surface area contributed by atoms with E-state index < -0.39 is 0 Å². The SMILES string of the molecule is CCOCCCC(=O)Nc1cccc(C(N)=NO)c1. The van der Waals surface area contributed by atoms with E-state index in [0.717, 1.165) is 0 Å². The Balaban J connectivity index is 2.50. The number of carbonyl (C=O) groups excluding carboxylic acids is 1. The number of oxime groups is 1. The third-order valence-electron chi connectivity index (χ3n) is 2.45. The molecule has 0 unspecified atom stereocenters. The van der Waals surface area contributed by atoms with Gasteiger partial charge in [0.1, 0.15) is 0 Å². The second-order valence-electron chi connectivity index (χ2n) is 3.91. The van der Waals surface area contributed by atoms with Crippen LogP contribution in [0, 0.1) is 0 Å². The summed E-state index contributed by atoms with van der Waals surface area (Å²) in [5.41, 5.74) is 6.65. The third kappa shape index (κ3) is 5.39. The first-order chi connectivity index (χ1) is 9.17. The van der Waals surface area contributed by atoms with Crippen LogP contribution in [0.1, 0.15) is 25.3 Å². The molecule has 19 heavy (non-hydrogen) atoms. The van der Waals surface area contributed by atoms with Crippen molar-refractivity contribution in [1.82, 2.24) is 0 Å². The van der Waals surface area contributed by atoms with Crippen LogP contribution in [0.3, 0.4) is 0 Å². The smallest absolute Gasteiger partial charge is 0.224 e. The number of anilines is 1. The highest BCUT2D eigenvalue weighted by Gasteiger charge is 2.04. The molecule has 0 heterocycles. The molecular formula is C13H19N3O3. The predicted molar refractivity (Wildman–Crippen MR) is 73.3 cm³/mol. The molecule has 0 aromatic heterocycles. The number of hydrogen-bond donors (Lipinski definition) is 3. The fourth-order valence-electron chi connectivity index (χ4n) is 1.52. The van der Waals surface area contributed by atoms with Gasteiger partial charge in [0, 0.05) is 30.9 Å². The van der Waals surface area contributed by atoms with Crippen molar-refractivity contribution in [2.75, 3.05) is 18.5 Å². The normalized spacial score (nSPS) is 11.3. The van der Waals surface area contributed by atoms with Crippen molar-refractivity contribution in [3.8, 4) is 0 Å². The summed E-state index contributed by atoms with van der Waals surface area (Å²) < 4.78 is 5.16. The van der Waals surface area contributed by atoms with Crippen molar-refractivity contribution >= 4 is 17.4 Å². The van der Waals surface area contributed by atoms with E-state index in [0.29, 0.717) is 37.3 Å². The molecule has 1 aromatic carbocycles. The van der Waals surface area contributed by atoms with Gasteiger partial charge in [0.15, 0.2) is 5.84 Å². The minimum absolute atomic E-state index is 0.00689. The fraction of sp³-hybridized carbons (Fsp3) is 0.385. The van der Waals surface area contributed by atoms with Crippen LogP contribution >= 0.6 is 0 Å². The van der Waals surface area contributed by atoms with Crippen molar-refractivity contribution in [3.63, 3.8) is 0 Å². The number of amidine groups is 1. The fourth-order valence-corrected chi connectivity index (χ4v) is 1.52. The van der Waals surface area contributed by atoms with Gasteiger partial charge < -0.3 is 21.0 Å². The van der Waals surface area contributed by atoms with E-state index in [-0.39, 0.29) is 11.7 Å². The zero-order valence-corrected chi connectivity index (χ0v) is 10.9. The monoisotopic (exact) mass is 265 g/mol. The number of nitrogens with two attached hydrogens (primary N) is 1. The predicted octanol–water partition coefficient (Wildman–Crippen LogP) is 1.54. The summed E-state index contributed by atoms with van der Waals surface area (Å²) in [5.74, 6) is -0.0798. The topological polar surface area (TPSA) is 96.9 Å². The van der Waals surface area contributed by atoms with Crippen LogP contribution in [0.15, 0.2) is 29.4 Å². The van der Waals surface area contributed by atoms with E-state index in [9.17, 15) is 4.79 Å². The van der Waals surface area contributed by atoms with Crippen molar-refractivity contribution in [3.05, 3.63) is 29.8 Å². The molecule has 0 aliphatic rings. The molecule has 1 amide bonds. The first-order valence-corrected chi connectivity index (χ1v) is 6.13. The Kier molecular flexibility index (Phi) is 6.38. The highest BCUT2D eigenvalue weighted by molar-refractivity contribution is 5.99. The van der Waals surface area contributed by atoms with E-state index in [1.165, 1.54) is 0 Å². The lowest BCUT2D eigenvalue weighted by molar-refractivity contribution is -0.116. The first-order valence-electron chi connectivity index (χ1n) is 6.13. The average molecular weight is 265 g/mol. The zero-order valence-electron chi connectivity index (χ0n) is 10.9. The Morgan fingerprint density at radius 3 is 3.00 bits per heavy atom. The van der Waals surface area contributed by atoms with E-state index in [2.05, 4.69) is 10.5 Å². The molecule has 0 atom stereocenters. The van der Waals surface area contributed by atoms with E-state index in [1.807, 2.05) is 6.92 Å². The molecule has 0 saturated carbocycles. The molecule has 4 N–H and O–H groups in total. The summed E-state index contributed by atoms with van der Waals surface area (Å²) in [4.78, 5) is 11.6. The summed E-state index contributed by atoms with van der Waals surface area (Å²) >= 11 is 0. The second kappa shape index (κ2) is 8.10. The summed E-state index contributed by atoms with van der Waals surface area (Å²) in [6.45, 7) is 3.15. The molecule has 0 aliphatic heterocycles. The van der Waals surface area contributed by atoms with Crippen LogP contribution in [0.2, 0.25) is 0 Å². The van der Waals surface area contributed by atoms with E-state index in [1.54, 1.807) is 24.3 Å². The third-order valence-corrected chi connectivity index (χ3v) is 2.45. The van der Waals surface area contributed by atoms with Crippen molar-refractivity contribution < 1.29 is 14.7 Å². The molecule has 0 bridgehead atoms. The minimum Gasteiger partial charge on any atom is -0.409 e. The van der Waals surface area contributed by atoms with Gasteiger partial charge in [-0.3, -0.25) is 4.79 Å². The van der Waals surface area contributed by atoms with E-state index in [4.69, 9.17) is 15.7 Å². The van der Waals surface area contributed by atoms with Gasteiger partial charge in [-0.1, -0.05) is 17.3 Å². The molecule has 0 spiro atoms. The lowest BCUT2D eigenvalue weighted by Gasteiger charge is -2.07. The van der Waals surface area contributed by atoms with Crippen molar-refractivity contribution in [1.29, 1.82) is 0 Å². The highest BCUT2D eigenvalue weighted by atomic mass is 16.5. The van der Waals surface area contributed by atoms with Gasteiger partial charge in [0.05, 0.1) is 0 Å². The van der Waals surface area contributed by atoms with Crippen molar-refractivity contribution in [2.45, 2.75) is 19.8 Å². The number of benzene rings is 1. The maximum absolute atomic E-state index is 11.6. The molecule has 104 valence electrons. The molecule has 1 rings (SSSR count). The molecule has 0 aliphatic carbocycles. The number of nitrogens with zero attached hydrogens (tertiary/aromatic N) is 1. The number of nitrogens with one attached hydrogen (secondary N) is 1. The molecule has 0 saturated heterocycles. The maximum Gasteiger partial charge on any atom is 0.224 e. The Hall–Kier alpha value is -2.08. The first kappa shape index (κ1) is 15.0. The van der Waals surface area contributed by atoms with Crippen LogP contribution in [0.5, 0.6) is 0 Å². The van der Waals surface area contributed by atoms with Gasteiger partial charge >= 0.3 is 0 Å². The summed E-state index contributed by atoms with van der Waals surface area (Å²) in [6.07, 6.45) is 1.08. The standard InChI is InChI=1S/C13H19N3O3/c1-2-19-8-4-7-12(17)15-11-6-3-5-10(9-11)13(14)16-18/h3,5-6,9,18H,2,4,7-8H2,1H3,(H2,14,16)(H,15,17). The lowest BCUT2D eigenvalue weighted by Crippen LogP contribution is -2.15. The molecule has 6 heteroatoms. The zero-order chi connectivity index (χ0) is 14.1. The van der Waals surface area contributed by atoms with Crippen LogP contribution in [-0.4, -0.2) is 30.2 Å². The Bertz CT molecular complexity index is 447. The number of carbonyl (C=O) groups is 1.